The molecular formula is C14H15Cl2N3O2S. The third-order valence-corrected chi connectivity index (χ3v) is 4.33. The summed E-state index contributed by atoms with van der Waals surface area (Å²) in [4.78, 5) is 16.0. The Labute approximate surface area is 142 Å². The average molecular weight is 360 g/mol. The normalized spacial score (nSPS) is 12.2. The van der Waals surface area contributed by atoms with Crippen LogP contribution in [0.15, 0.2) is 22.7 Å². The predicted octanol–water partition coefficient (Wildman–Crippen LogP) is 3.80. The first-order valence-electron chi connectivity index (χ1n) is 6.57. The number of carbonyl (C=O) groups excluding carboxylic acids is 1. The summed E-state index contributed by atoms with van der Waals surface area (Å²) in [5.41, 5.74) is 0.832. The van der Waals surface area contributed by atoms with Crippen molar-refractivity contribution in [2.45, 2.75) is 25.6 Å². The van der Waals surface area contributed by atoms with Gasteiger partial charge >= 0.3 is 0 Å². The van der Waals surface area contributed by atoms with Gasteiger partial charge in [-0.2, -0.15) is 4.98 Å². The molecule has 1 unspecified atom stereocenters. The van der Waals surface area contributed by atoms with Gasteiger partial charge in [0.15, 0.2) is 5.82 Å². The van der Waals surface area contributed by atoms with E-state index in [1.54, 1.807) is 19.1 Å². The predicted molar refractivity (Wildman–Crippen MR) is 88.2 cm³/mol. The van der Waals surface area contributed by atoms with Gasteiger partial charge in [0.25, 0.3) is 0 Å². The number of hydrogen-bond donors (Lipinski definition) is 1. The van der Waals surface area contributed by atoms with Crippen LogP contribution in [-0.2, 0) is 10.5 Å². The highest BCUT2D eigenvalue weighted by Crippen LogP contribution is 2.26. The Morgan fingerprint density at radius 2 is 2.23 bits per heavy atom. The topological polar surface area (TPSA) is 68.0 Å². The van der Waals surface area contributed by atoms with E-state index in [1.807, 2.05) is 13.0 Å². The summed E-state index contributed by atoms with van der Waals surface area (Å²) >= 11 is 13.4. The summed E-state index contributed by atoms with van der Waals surface area (Å²) in [6.07, 6.45) is 0. The molecule has 1 amide bonds. The van der Waals surface area contributed by atoms with Gasteiger partial charge in [-0.05, 0) is 24.6 Å². The van der Waals surface area contributed by atoms with Crippen LogP contribution in [0, 0.1) is 6.92 Å². The number of aromatic nitrogens is 2. The van der Waals surface area contributed by atoms with Gasteiger partial charge in [0, 0.05) is 17.0 Å². The van der Waals surface area contributed by atoms with Crippen LogP contribution in [0.5, 0.6) is 0 Å². The van der Waals surface area contributed by atoms with E-state index in [2.05, 4.69) is 15.5 Å². The van der Waals surface area contributed by atoms with Crippen molar-refractivity contribution in [3.05, 3.63) is 45.5 Å². The molecular weight excluding hydrogens is 345 g/mol. The van der Waals surface area contributed by atoms with E-state index in [-0.39, 0.29) is 11.9 Å². The zero-order chi connectivity index (χ0) is 16.1. The van der Waals surface area contributed by atoms with Crippen LogP contribution >= 0.6 is 35.0 Å². The molecule has 22 heavy (non-hydrogen) atoms. The molecule has 0 spiro atoms. The molecule has 1 aromatic heterocycles. The van der Waals surface area contributed by atoms with E-state index >= 15 is 0 Å². The van der Waals surface area contributed by atoms with Crippen molar-refractivity contribution in [2.75, 3.05) is 5.75 Å². The summed E-state index contributed by atoms with van der Waals surface area (Å²) in [5, 5.41) is 7.77. The van der Waals surface area contributed by atoms with Crippen LogP contribution in [0.1, 0.15) is 30.2 Å². The molecule has 0 bridgehead atoms. The molecule has 0 aliphatic rings. The van der Waals surface area contributed by atoms with Gasteiger partial charge in [0.05, 0.1) is 17.5 Å². The lowest BCUT2D eigenvalue weighted by Crippen LogP contribution is -2.28. The maximum absolute atomic E-state index is 11.9. The summed E-state index contributed by atoms with van der Waals surface area (Å²) in [6, 6.07) is 5.03. The van der Waals surface area contributed by atoms with E-state index < -0.39 is 0 Å². The maximum atomic E-state index is 11.9. The number of nitrogens with zero attached hydrogens (tertiary/aromatic N) is 2. The standard InChI is InChI=1S/C14H15Cl2N3O2S/c1-8(11-4-3-10(15)5-12(11)16)17-14(20)7-22-6-13-18-9(2)21-19-13/h3-5,8H,6-7H2,1-2H3,(H,17,20). The summed E-state index contributed by atoms with van der Waals surface area (Å²) in [7, 11) is 0. The SMILES string of the molecule is Cc1nc(CSCC(=O)NC(C)c2ccc(Cl)cc2Cl)no1. The van der Waals surface area contributed by atoms with Crippen molar-refractivity contribution >= 4 is 40.9 Å². The van der Waals surface area contributed by atoms with Crippen molar-refractivity contribution in [1.82, 2.24) is 15.5 Å². The highest BCUT2D eigenvalue weighted by Gasteiger charge is 2.13. The lowest BCUT2D eigenvalue weighted by atomic mass is 10.1. The van der Waals surface area contributed by atoms with E-state index in [0.717, 1.165) is 5.56 Å². The fourth-order valence-corrected chi connectivity index (χ4v) is 3.09. The summed E-state index contributed by atoms with van der Waals surface area (Å²) in [6.45, 7) is 3.60. The van der Waals surface area contributed by atoms with E-state index in [4.69, 9.17) is 27.7 Å². The van der Waals surface area contributed by atoms with Gasteiger partial charge in [0.2, 0.25) is 11.8 Å². The molecule has 0 aliphatic heterocycles. The van der Waals surface area contributed by atoms with Crippen LogP contribution < -0.4 is 5.32 Å². The third-order valence-electron chi connectivity index (χ3n) is 2.84. The molecule has 8 heteroatoms. The average Bonchev–Trinajstić information content (AvgIpc) is 2.84. The molecule has 0 saturated carbocycles. The molecule has 1 atom stereocenters. The lowest BCUT2D eigenvalue weighted by Gasteiger charge is -2.15. The van der Waals surface area contributed by atoms with Crippen LogP contribution in [0.2, 0.25) is 10.0 Å². The minimum Gasteiger partial charge on any atom is -0.349 e. The minimum atomic E-state index is -0.190. The number of thioether (sulfide) groups is 1. The number of hydrogen-bond acceptors (Lipinski definition) is 5. The number of rotatable bonds is 6. The Kier molecular flexibility index (Phi) is 6.11. The van der Waals surface area contributed by atoms with Crippen molar-refractivity contribution in [1.29, 1.82) is 0 Å². The van der Waals surface area contributed by atoms with Crippen molar-refractivity contribution in [2.24, 2.45) is 0 Å². The second-order valence-electron chi connectivity index (χ2n) is 4.68. The Hall–Kier alpha value is -1.24. The number of carbonyl (C=O) groups is 1. The van der Waals surface area contributed by atoms with Gasteiger partial charge in [-0.1, -0.05) is 34.4 Å². The van der Waals surface area contributed by atoms with Gasteiger partial charge in [-0.25, -0.2) is 0 Å². The number of halogens is 2. The van der Waals surface area contributed by atoms with Crippen LogP contribution in [0.25, 0.3) is 0 Å². The van der Waals surface area contributed by atoms with Crippen LogP contribution in [0.4, 0.5) is 0 Å². The summed E-state index contributed by atoms with van der Waals surface area (Å²) < 4.78 is 4.87. The first kappa shape index (κ1) is 17.1. The maximum Gasteiger partial charge on any atom is 0.230 e. The van der Waals surface area contributed by atoms with Gasteiger partial charge in [0.1, 0.15) is 0 Å². The molecule has 0 saturated heterocycles. The Morgan fingerprint density at radius 3 is 2.86 bits per heavy atom. The molecule has 5 nitrogen and oxygen atoms in total. The largest absolute Gasteiger partial charge is 0.349 e. The fourth-order valence-electron chi connectivity index (χ4n) is 1.85. The molecule has 118 valence electrons. The zero-order valence-electron chi connectivity index (χ0n) is 12.1. The molecule has 2 rings (SSSR count). The monoisotopic (exact) mass is 359 g/mol. The smallest absolute Gasteiger partial charge is 0.230 e. The molecule has 0 radical (unpaired) electrons. The Bertz CT molecular complexity index is 663. The Morgan fingerprint density at radius 1 is 1.45 bits per heavy atom. The molecule has 0 aliphatic carbocycles. The lowest BCUT2D eigenvalue weighted by molar-refractivity contribution is -0.119. The van der Waals surface area contributed by atoms with Crippen LogP contribution in [0.3, 0.4) is 0 Å². The number of amides is 1. The first-order valence-corrected chi connectivity index (χ1v) is 8.48. The number of aryl methyl sites for hydroxylation is 1. The highest BCUT2D eigenvalue weighted by molar-refractivity contribution is 7.99. The molecule has 0 fully saturated rings. The van der Waals surface area contributed by atoms with E-state index in [1.165, 1.54) is 11.8 Å². The zero-order valence-corrected chi connectivity index (χ0v) is 14.4. The van der Waals surface area contributed by atoms with Crippen LogP contribution in [-0.4, -0.2) is 21.8 Å². The molecule has 2 aromatic rings. The van der Waals surface area contributed by atoms with E-state index in [0.29, 0.717) is 33.3 Å². The van der Waals surface area contributed by atoms with Crippen molar-refractivity contribution in [3.63, 3.8) is 0 Å². The fraction of sp³-hybridized carbons (Fsp3) is 0.357. The van der Waals surface area contributed by atoms with Gasteiger partial charge < -0.3 is 9.84 Å². The quantitative estimate of drug-likeness (QED) is 0.849. The van der Waals surface area contributed by atoms with Crippen molar-refractivity contribution in [3.8, 4) is 0 Å². The second kappa shape index (κ2) is 7.85. The minimum absolute atomic E-state index is 0.0799. The second-order valence-corrected chi connectivity index (χ2v) is 6.51. The summed E-state index contributed by atoms with van der Waals surface area (Å²) in [5.74, 6) is 1.86. The van der Waals surface area contributed by atoms with E-state index in [9.17, 15) is 4.79 Å². The third kappa shape index (κ3) is 4.90. The molecule has 1 aromatic carbocycles. The van der Waals surface area contributed by atoms with Gasteiger partial charge in [-0.15, -0.1) is 11.8 Å². The molecule has 1 N–H and O–H groups in total. The number of nitrogens with one attached hydrogen (secondary N) is 1. The number of benzene rings is 1. The molecule has 1 heterocycles. The Balaban J connectivity index is 1.81. The first-order chi connectivity index (χ1) is 10.5. The van der Waals surface area contributed by atoms with Gasteiger partial charge in [-0.3, -0.25) is 4.79 Å². The highest BCUT2D eigenvalue weighted by atomic mass is 35.5. The van der Waals surface area contributed by atoms with Crippen molar-refractivity contribution < 1.29 is 9.32 Å².